The van der Waals surface area contributed by atoms with E-state index in [1.165, 1.54) is 22.3 Å². The Bertz CT molecular complexity index is 1130. The van der Waals surface area contributed by atoms with Gasteiger partial charge in [-0.1, -0.05) is 78.4 Å². The Hall–Kier alpha value is -3.20. The van der Waals surface area contributed by atoms with Gasteiger partial charge in [-0.25, -0.2) is 4.39 Å². The molecule has 2 nitrogen and oxygen atoms in total. The maximum atomic E-state index is 13.7. The van der Waals surface area contributed by atoms with Crippen LogP contribution in [0.5, 0.6) is 0 Å². The summed E-state index contributed by atoms with van der Waals surface area (Å²) in [5.74, 6) is 0.734. The molecular formula is C28H26FNO. The number of fused-ring (bicyclic) bond motifs is 1. The van der Waals surface area contributed by atoms with Crippen molar-refractivity contribution in [2.24, 2.45) is 10.4 Å². The number of halogens is 1. The molecule has 3 heteroatoms. The van der Waals surface area contributed by atoms with Crippen LogP contribution in [0.25, 0.3) is 6.08 Å². The standard InChI is InChI=1S/C28H26FNO/c1-20-17-23-9-5-6-10-24(23)18-28(20,27-30-15-16-31-27)19-26(21-7-3-2-4-8-21)22-11-13-25(29)14-12-22/h2-14,17,26H,15-16,18-19H2,1H3. The van der Waals surface area contributed by atoms with Crippen molar-refractivity contribution < 1.29 is 9.13 Å². The van der Waals surface area contributed by atoms with E-state index in [1.807, 2.05) is 18.2 Å². The van der Waals surface area contributed by atoms with Crippen molar-refractivity contribution in [3.63, 3.8) is 0 Å². The number of nitrogens with zero attached hydrogens (tertiary/aromatic N) is 1. The maximum absolute atomic E-state index is 13.7. The molecule has 31 heavy (non-hydrogen) atoms. The summed E-state index contributed by atoms with van der Waals surface area (Å²) in [6.45, 7) is 3.55. The lowest BCUT2D eigenvalue weighted by atomic mass is 9.64. The van der Waals surface area contributed by atoms with Crippen LogP contribution in [0.4, 0.5) is 4.39 Å². The molecular weight excluding hydrogens is 385 g/mol. The Balaban J connectivity index is 1.63. The largest absolute Gasteiger partial charge is 0.478 e. The minimum Gasteiger partial charge on any atom is -0.478 e. The van der Waals surface area contributed by atoms with E-state index in [9.17, 15) is 4.39 Å². The van der Waals surface area contributed by atoms with E-state index >= 15 is 0 Å². The van der Waals surface area contributed by atoms with Gasteiger partial charge in [-0.3, -0.25) is 4.99 Å². The molecule has 0 saturated carbocycles. The van der Waals surface area contributed by atoms with Gasteiger partial charge in [-0.15, -0.1) is 0 Å². The third-order valence-electron chi connectivity index (χ3n) is 6.70. The van der Waals surface area contributed by atoms with E-state index in [0.29, 0.717) is 13.2 Å². The third-order valence-corrected chi connectivity index (χ3v) is 6.70. The molecule has 1 heterocycles. The van der Waals surface area contributed by atoms with Crippen LogP contribution in [-0.4, -0.2) is 19.0 Å². The lowest BCUT2D eigenvalue weighted by Gasteiger charge is -2.40. The second-order valence-corrected chi connectivity index (χ2v) is 8.54. The van der Waals surface area contributed by atoms with Gasteiger partial charge in [-0.05, 0) is 54.2 Å². The van der Waals surface area contributed by atoms with E-state index in [-0.39, 0.29) is 17.2 Å². The molecule has 1 aliphatic carbocycles. The van der Waals surface area contributed by atoms with Gasteiger partial charge >= 0.3 is 0 Å². The quantitative estimate of drug-likeness (QED) is 0.475. The second kappa shape index (κ2) is 8.14. The molecule has 2 atom stereocenters. The van der Waals surface area contributed by atoms with Crippen molar-refractivity contribution >= 4 is 12.0 Å². The predicted octanol–water partition coefficient (Wildman–Crippen LogP) is 6.42. The van der Waals surface area contributed by atoms with Crippen LogP contribution in [0.3, 0.4) is 0 Å². The highest BCUT2D eigenvalue weighted by Crippen LogP contribution is 2.48. The van der Waals surface area contributed by atoms with Gasteiger partial charge in [0, 0.05) is 5.92 Å². The Morgan fingerprint density at radius 2 is 1.65 bits per heavy atom. The minimum atomic E-state index is -0.320. The normalized spacial score (nSPS) is 21.0. The zero-order chi connectivity index (χ0) is 21.3. The smallest absolute Gasteiger partial charge is 0.194 e. The van der Waals surface area contributed by atoms with E-state index < -0.39 is 0 Å². The molecule has 0 radical (unpaired) electrons. The number of aliphatic imine (C=N–C) groups is 1. The predicted molar refractivity (Wildman–Crippen MR) is 124 cm³/mol. The van der Waals surface area contributed by atoms with Crippen LogP contribution in [0, 0.1) is 11.2 Å². The van der Waals surface area contributed by atoms with Crippen molar-refractivity contribution in [1.29, 1.82) is 0 Å². The summed E-state index contributed by atoms with van der Waals surface area (Å²) in [6, 6.07) is 26.0. The average molecular weight is 412 g/mol. The summed E-state index contributed by atoms with van der Waals surface area (Å²) in [5.41, 5.74) is 5.87. The van der Waals surface area contributed by atoms with Crippen LogP contribution in [0.15, 0.2) is 89.4 Å². The topological polar surface area (TPSA) is 21.6 Å². The SMILES string of the molecule is CC1=Cc2ccccc2CC1(CC(c1ccccc1)c1ccc(F)cc1)C1=NCCO1. The fraction of sp³-hybridized carbons (Fsp3) is 0.250. The number of hydrogen-bond donors (Lipinski definition) is 0. The molecule has 2 unspecified atom stereocenters. The lowest BCUT2D eigenvalue weighted by molar-refractivity contribution is 0.277. The first-order valence-electron chi connectivity index (χ1n) is 10.9. The highest BCUT2D eigenvalue weighted by Gasteiger charge is 2.45. The van der Waals surface area contributed by atoms with Crippen LogP contribution < -0.4 is 0 Å². The van der Waals surface area contributed by atoms with E-state index in [2.05, 4.69) is 61.5 Å². The zero-order valence-electron chi connectivity index (χ0n) is 17.7. The molecule has 0 spiro atoms. The first-order valence-corrected chi connectivity index (χ1v) is 10.9. The number of benzene rings is 3. The highest BCUT2D eigenvalue weighted by atomic mass is 19.1. The number of hydrogen-bond acceptors (Lipinski definition) is 2. The summed E-state index contributed by atoms with van der Waals surface area (Å²) >= 11 is 0. The van der Waals surface area contributed by atoms with Gasteiger partial charge < -0.3 is 4.74 Å². The summed E-state index contributed by atoms with van der Waals surface area (Å²) in [5, 5.41) is 0. The van der Waals surface area contributed by atoms with Gasteiger partial charge in [0.15, 0.2) is 5.90 Å². The summed E-state index contributed by atoms with van der Waals surface area (Å²) in [7, 11) is 0. The fourth-order valence-corrected chi connectivity index (χ4v) is 5.02. The van der Waals surface area contributed by atoms with E-state index in [4.69, 9.17) is 9.73 Å². The number of ether oxygens (including phenoxy) is 1. The second-order valence-electron chi connectivity index (χ2n) is 8.54. The van der Waals surface area contributed by atoms with Gasteiger partial charge in [-0.2, -0.15) is 0 Å². The summed E-state index contributed by atoms with van der Waals surface area (Å²) in [6.07, 6.45) is 3.96. The van der Waals surface area contributed by atoms with Crippen LogP contribution >= 0.6 is 0 Å². The molecule has 0 fully saturated rings. The first-order chi connectivity index (χ1) is 15.2. The molecule has 0 amide bonds. The van der Waals surface area contributed by atoms with E-state index in [0.717, 1.165) is 24.3 Å². The molecule has 1 aliphatic heterocycles. The Morgan fingerprint density at radius 1 is 0.935 bits per heavy atom. The van der Waals surface area contributed by atoms with Crippen molar-refractivity contribution in [2.45, 2.75) is 25.7 Å². The molecule has 5 rings (SSSR count). The molecule has 0 bridgehead atoms. The fourth-order valence-electron chi connectivity index (χ4n) is 5.02. The van der Waals surface area contributed by atoms with Crippen molar-refractivity contribution in [1.82, 2.24) is 0 Å². The zero-order valence-corrected chi connectivity index (χ0v) is 17.7. The van der Waals surface area contributed by atoms with Crippen LogP contribution in [-0.2, 0) is 11.2 Å². The third kappa shape index (κ3) is 3.69. The van der Waals surface area contributed by atoms with Gasteiger partial charge in [0.25, 0.3) is 0 Å². The monoisotopic (exact) mass is 411 g/mol. The molecule has 3 aromatic rings. The molecule has 0 aromatic heterocycles. The van der Waals surface area contributed by atoms with Crippen LogP contribution in [0.1, 0.15) is 41.5 Å². The maximum Gasteiger partial charge on any atom is 0.194 e. The van der Waals surface area contributed by atoms with Crippen molar-refractivity contribution in [2.75, 3.05) is 13.2 Å². The summed E-state index contributed by atoms with van der Waals surface area (Å²) in [4.78, 5) is 4.80. The van der Waals surface area contributed by atoms with Crippen LogP contribution in [0.2, 0.25) is 0 Å². The Labute approximate surface area is 183 Å². The molecule has 3 aromatic carbocycles. The average Bonchev–Trinajstić information content (AvgIpc) is 3.35. The Kier molecular flexibility index (Phi) is 5.19. The minimum absolute atomic E-state index is 0.0994. The van der Waals surface area contributed by atoms with Gasteiger partial charge in [0.2, 0.25) is 0 Å². The highest BCUT2D eigenvalue weighted by molar-refractivity contribution is 5.90. The molecule has 0 N–H and O–H groups in total. The first kappa shape index (κ1) is 19.7. The van der Waals surface area contributed by atoms with Crippen molar-refractivity contribution in [3.05, 3.63) is 113 Å². The molecule has 2 aliphatic rings. The summed E-state index contributed by atoms with van der Waals surface area (Å²) < 4.78 is 19.8. The van der Waals surface area contributed by atoms with Gasteiger partial charge in [0.1, 0.15) is 12.4 Å². The lowest BCUT2D eigenvalue weighted by Crippen LogP contribution is -2.39. The Morgan fingerprint density at radius 3 is 2.39 bits per heavy atom. The van der Waals surface area contributed by atoms with Crippen molar-refractivity contribution in [3.8, 4) is 0 Å². The van der Waals surface area contributed by atoms with Gasteiger partial charge in [0.05, 0.1) is 12.0 Å². The molecule has 156 valence electrons. The number of rotatable bonds is 5. The molecule has 0 saturated heterocycles. The van der Waals surface area contributed by atoms with E-state index in [1.54, 1.807) is 12.1 Å².